The van der Waals surface area contributed by atoms with Crippen molar-refractivity contribution in [3.05, 3.63) is 69.6 Å². The molecule has 1 amide bonds. The van der Waals surface area contributed by atoms with E-state index in [1.807, 2.05) is 41.3 Å². The van der Waals surface area contributed by atoms with Crippen molar-refractivity contribution in [3.8, 4) is 11.1 Å². The number of para-hydroxylation sites is 1. The van der Waals surface area contributed by atoms with Crippen LogP contribution < -0.4 is 5.32 Å². The molecular formula is C24H23ClF3N3OS. The van der Waals surface area contributed by atoms with E-state index in [1.165, 1.54) is 11.3 Å². The summed E-state index contributed by atoms with van der Waals surface area (Å²) >= 11 is 7.42. The quantitative estimate of drug-likeness (QED) is 0.408. The number of halogens is 4. The van der Waals surface area contributed by atoms with E-state index >= 15 is 0 Å². The van der Waals surface area contributed by atoms with E-state index < -0.39 is 12.6 Å². The fourth-order valence-corrected chi connectivity index (χ4v) is 5.02. The Morgan fingerprint density at radius 3 is 2.52 bits per heavy atom. The zero-order valence-corrected chi connectivity index (χ0v) is 19.3. The maximum atomic E-state index is 12.9. The molecule has 4 nitrogen and oxygen atoms in total. The molecule has 1 aliphatic rings. The number of piperidine rings is 1. The third kappa shape index (κ3) is 6.34. The van der Waals surface area contributed by atoms with Crippen LogP contribution in [0.4, 0.5) is 18.9 Å². The van der Waals surface area contributed by atoms with Crippen molar-refractivity contribution < 1.29 is 18.0 Å². The number of rotatable bonds is 6. The first-order valence-corrected chi connectivity index (χ1v) is 11.9. The van der Waals surface area contributed by atoms with Gasteiger partial charge in [0.05, 0.1) is 11.4 Å². The lowest BCUT2D eigenvalue weighted by molar-refractivity contribution is -0.138. The number of anilines is 1. The van der Waals surface area contributed by atoms with Gasteiger partial charge >= 0.3 is 6.18 Å². The summed E-state index contributed by atoms with van der Waals surface area (Å²) in [4.78, 5) is 19.3. The van der Waals surface area contributed by atoms with Gasteiger partial charge in [-0.25, -0.2) is 4.98 Å². The van der Waals surface area contributed by atoms with Gasteiger partial charge in [0.15, 0.2) is 0 Å². The number of thiazole rings is 1. The molecule has 174 valence electrons. The van der Waals surface area contributed by atoms with Crippen molar-refractivity contribution in [2.24, 2.45) is 0 Å². The van der Waals surface area contributed by atoms with Crippen molar-refractivity contribution in [2.75, 3.05) is 25.0 Å². The second-order valence-electron chi connectivity index (χ2n) is 8.06. The molecule has 4 rings (SSSR count). The molecule has 9 heteroatoms. The van der Waals surface area contributed by atoms with E-state index in [2.05, 4.69) is 10.3 Å². The molecule has 1 saturated heterocycles. The Balaban J connectivity index is 1.38. The van der Waals surface area contributed by atoms with Gasteiger partial charge in [0, 0.05) is 34.1 Å². The molecule has 0 spiro atoms. The number of carbonyl (C=O) groups is 1. The highest BCUT2D eigenvalue weighted by Gasteiger charge is 2.30. The monoisotopic (exact) mass is 493 g/mol. The van der Waals surface area contributed by atoms with Crippen molar-refractivity contribution in [2.45, 2.75) is 31.4 Å². The normalized spacial score (nSPS) is 15.5. The van der Waals surface area contributed by atoms with Crippen LogP contribution in [0, 0.1) is 0 Å². The Morgan fingerprint density at radius 2 is 1.82 bits per heavy atom. The van der Waals surface area contributed by atoms with E-state index in [9.17, 15) is 18.0 Å². The van der Waals surface area contributed by atoms with Crippen molar-refractivity contribution in [1.82, 2.24) is 9.88 Å². The van der Waals surface area contributed by atoms with Gasteiger partial charge < -0.3 is 10.2 Å². The Bertz CT molecular complexity index is 1090. The summed E-state index contributed by atoms with van der Waals surface area (Å²) in [5, 5.41) is 6.20. The number of nitrogens with zero attached hydrogens (tertiary/aromatic N) is 2. The minimum Gasteiger partial charge on any atom is -0.320 e. The minimum absolute atomic E-state index is 0.0365. The molecule has 1 fully saturated rings. The molecular weight excluding hydrogens is 471 g/mol. The van der Waals surface area contributed by atoms with Gasteiger partial charge in [-0.1, -0.05) is 41.9 Å². The largest absolute Gasteiger partial charge is 0.390 e. The first-order valence-electron chi connectivity index (χ1n) is 10.7. The Hall–Kier alpha value is -2.42. The Morgan fingerprint density at radius 1 is 1.12 bits per heavy atom. The van der Waals surface area contributed by atoms with Crippen LogP contribution in [-0.2, 0) is 0 Å². The summed E-state index contributed by atoms with van der Waals surface area (Å²) in [5.74, 6) is -0.124. The molecule has 0 radical (unpaired) electrons. The number of amides is 1. The third-order valence-electron chi connectivity index (χ3n) is 5.73. The molecule has 0 unspecified atom stereocenters. The van der Waals surface area contributed by atoms with Crippen molar-refractivity contribution in [3.63, 3.8) is 0 Å². The molecule has 0 bridgehead atoms. The second kappa shape index (κ2) is 10.2. The molecule has 0 atom stereocenters. The number of nitrogens with one attached hydrogen (secondary N) is 1. The fraction of sp³-hybridized carbons (Fsp3) is 0.333. The van der Waals surface area contributed by atoms with E-state index in [0.717, 1.165) is 29.0 Å². The van der Waals surface area contributed by atoms with Crippen LogP contribution in [0.3, 0.4) is 0 Å². The van der Waals surface area contributed by atoms with Crippen LogP contribution in [0.2, 0.25) is 5.02 Å². The van der Waals surface area contributed by atoms with Gasteiger partial charge in [-0.3, -0.25) is 4.79 Å². The molecule has 33 heavy (non-hydrogen) atoms. The smallest absolute Gasteiger partial charge is 0.320 e. The van der Waals surface area contributed by atoms with Gasteiger partial charge in [-0.15, -0.1) is 11.3 Å². The summed E-state index contributed by atoms with van der Waals surface area (Å²) in [7, 11) is 0. The Labute approximate surface area is 199 Å². The van der Waals surface area contributed by atoms with E-state index in [-0.39, 0.29) is 18.4 Å². The van der Waals surface area contributed by atoms with E-state index in [1.54, 1.807) is 17.5 Å². The number of hydrogen-bond donors (Lipinski definition) is 1. The first kappa shape index (κ1) is 23.7. The SMILES string of the molecule is O=C(Nc1ccccc1-c1ccc(Cl)cc1)c1csc(C2CCN(CCC(F)(F)F)CC2)n1. The number of hydrogen-bond acceptors (Lipinski definition) is 4. The summed E-state index contributed by atoms with van der Waals surface area (Å²) in [6.45, 7) is 1.25. The lowest BCUT2D eigenvalue weighted by Crippen LogP contribution is -2.35. The van der Waals surface area contributed by atoms with Crippen LogP contribution >= 0.6 is 22.9 Å². The van der Waals surface area contributed by atoms with Crippen LogP contribution in [-0.4, -0.2) is 41.6 Å². The first-order chi connectivity index (χ1) is 15.8. The summed E-state index contributed by atoms with van der Waals surface area (Å²) < 4.78 is 37.3. The lowest BCUT2D eigenvalue weighted by Gasteiger charge is -2.31. The molecule has 0 aliphatic carbocycles. The highest BCUT2D eigenvalue weighted by molar-refractivity contribution is 7.10. The number of carbonyl (C=O) groups excluding carboxylic acids is 1. The maximum Gasteiger partial charge on any atom is 0.390 e. The standard InChI is InChI=1S/C24H23ClF3N3OS/c25-18-7-5-16(6-8-18)19-3-1-2-4-20(19)29-22(32)21-15-33-23(30-21)17-9-12-31(13-10-17)14-11-24(26,27)28/h1-8,15,17H,9-14H2,(H,29,32). The number of alkyl halides is 3. The maximum absolute atomic E-state index is 12.9. The molecule has 0 saturated carbocycles. The Kier molecular flexibility index (Phi) is 7.36. The molecule has 1 N–H and O–H groups in total. The van der Waals surface area contributed by atoms with Crippen LogP contribution in [0.5, 0.6) is 0 Å². The molecule has 2 aromatic carbocycles. The highest BCUT2D eigenvalue weighted by Crippen LogP contribution is 2.32. The second-order valence-corrected chi connectivity index (χ2v) is 9.38. The third-order valence-corrected chi connectivity index (χ3v) is 6.99. The minimum atomic E-state index is -4.12. The van der Waals surface area contributed by atoms with Crippen LogP contribution in [0.25, 0.3) is 11.1 Å². The number of benzene rings is 2. The predicted octanol–water partition coefficient (Wildman–Crippen LogP) is 6.85. The average molecular weight is 494 g/mol. The van der Waals surface area contributed by atoms with Gasteiger partial charge in [-0.05, 0) is 49.7 Å². The number of aromatic nitrogens is 1. The van der Waals surface area contributed by atoms with Crippen molar-refractivity contribution in [1.29, 1.82) is 0 Å². The summed E-state index contributed by atoms with van der Waals surface area (Å²) in [6, 6.07) is 14.9. The van der Waals surface area contributed by atoms with Gasteiger partial charge in [0.25, 0.3) is 5.91 Å². The predicted molar refractivity (Wildman–Crippen MR) is 126 cm³/mol. The molecule has 3 aromatic rings. The van der Waals surface area contributed by atoms with E-state index in [0.29, 0.717) is 29.5 Å². The van der Waals surface area contributed by atoms with Gasteiger partial charge in [-0.2, -0.15) is 13.2 Å². The molecule has 1 aromatic heterocycles. The highest BCUT2D eigenvalue weighted by atomic mass is 35.5. The summed E-state index contributed by atoms with van der Waals surface area (Å²) in [6.07, 6.45) is -3.42. The zero-order chi connectivity index (χ0) is 23.4. The number of likely N-dealkylation sites (tertiary alicyclic amines) is 1. The van der Waals surface area contributed by atoms with Crippen LogP contribution in [0.1, 0.15) is 40.7 Å². The average Bonchev–Trinajstić information content (AvgIpc) is 3.29. The topological polar surface area (TPSA) is 45.2 Å². The molecule has 2 heterocycles. The molecule has 1 aliphatic heterocycles. The fourth-order valence-electron chi connectivity index (χ4n) is 3.93. The van der Waals surface area contributed by atoms with Gasteiger partial charge in [0.1, 0.15) is 5.69 Å². The van der Waals surface area contributed by atoms with Crippen LogP contribution in [0.15, 0.2) is 53.9 Å². The zero-order valence-electron chi connectivity index (χ0n) is 17.7. The summed E-state index contributed by atoms with van der Waals surface area (Å²) in [5.41, 5.74) is 2.84. The lowest BCUT2D eigenvalue weighted by atomic mass is 9.97. The van der Waals surface area contributed by atoms with Crippen molar-refractivity contribution >= 4 is 34.5 Å². The van der Waals surface area contributed by atoms with Gasteiger partial charge in [0.2, 0.25) is 0 Å². The van der Waals surface area contributed by atoms with E-state index in [4.69, 9.17) is 11.6 Å².